The molecule has 55 heavy (non-hydrogen) atoms. The Morgan fingerprint density at radius 2 is 1.53 bits per heavy atom. The van der Waals surface area contributed by atoms with E-state index in [4.69, 9.17) is 14.8 Å². The van der Waals surface area contributed by atoms with Gasteiger partial charge in [-0.2, -0.15) is 5.10 Å². The van der Waals surface area contributed by atoms with Crippen molar-refractivity contribution in [3.05, 3.63) is 119 Å². The molecule has 3 aromatic heterocycles. The first-order chi connectivity index (χ1) is 26.0. The number of aromatic nitrogens is 4. The first-order valence-corrected chi connectivity index (χ1v) is 20.5. The van der Waals surface area contributed by atoms with Crippen molar-refractivity contribution in [2.24, 2.45) is 16.7 Å². The molecule has 0 radical (unpaired) electrons. The maximum absolute atomic E-state index is 6.88. The lowest BCUT2D eigenvalue weighted by atomic mass is 9.59. The summed E-state index contributed by atoms with van der Waals surface area (Å²) in [4.78, 5) is 4.88. The second-order valence-corrected chi connectivity index (χ2v) is 19.2. The van der Waals surface area contributed by atoms with Crippen molar-refractivity contribution in [3.63, 3.8) is 0 Å². The fourth-order valence-electron chi connectivity index (χ4n) is 9.06. The number of rotatable bonds is 8. The predicted molar refractivity (Wildman–Crippen MR) is 231 cm³/mol. The van der Waals surface area contributed by atoms with Crippen molar-refractivity contribution in [2.45, 2.75) is 127 Å². The second-order valence-electron chi connectivity index (χ2n) is 19.2. The van der Waals surface area contributed by atoms with E-state index in [9.17, 15) is 0 Å². The predicted octanol–water partition coefficient (Wildman–Crippen LogP) is 13.9. The van der Waals surface area contributed by atoms with Crippen LogP contribution in [0.1, 0.15) is 129 Å². The van der Waals surface area contributed by atoms with Crippen LogP contribution in [0, 0.1) is 30.6 Å². The Hall–Kier alpha value is -4.64. The van der Waals surface area contributed by atoms with Gasteiger partial charge >= 0.3 is 0 Å². The van der Waals surface area contributed by atoms with Gasteiger partial charge in [-0.05, 0) is 115 Å². The van der Waals surface area contributed by atoms with Crippen molar-refractivity contribution >= 4 is 21.8 Å². The van der Waals surface area contributed by atoms with Gasteiger partial charge in [-0.1, -0.05) is 106 Å². The molecule has 6 aromatic rings. The van der Waals surface area contributed by atoms with E-state index < -0.39 is 0 Å². The van der Waals surface area contributed by atoms with E-state index >= 15 is 0 Å². The average molecular weight is 735 g/mol. The molecule has 5 nitrogen and oxygen atoms in total. The van der Waals surface area contributed by atoms with Crippen LogP contribution in [0.25, 0.3) is 33.3 Å². The Kier molecular flexibility index (Phi) is 10.2. The number of hydrogen-bond acceptors (Lipinski definition) is 3. The minimum atomic E-state index is -0.0965. The van der Waals surface area contributed by atoms with E-state index in [-0.39, 0.29) is 16.2 Å². The number of aryl methyl sites for hydroxylation is 2. The van der Waals surface area contributed by atoms with Crippen LogP contribution in [0.4, 0.5) is 0 Å². The first kappa shape index (κ1) is 38.6. The average Bonchev–Trinajstić information content (AvgIpc) is 3.61. The normalized spacial score (nSPS) is 16.9. The molecule has 1 aliphatic carbocycles. The Morgan fingerprint density at radius 1 is 0.782 bits per heavy atom. The zero-order chi connectivity index (χ0) is 39.4. The Morgan fingerprint density at radius 3 is 2.24 bits per heavy atom. The molecule has 0 bridgehead atoms. The third-order valence-corrected chi connectivity index (χ3v) is 12.0. The second kappa shape index (κ2) is 14.5. The molecule has 0 unspecified atom stereocenters. The molecule has 0 fully saturated rings. The number of fused-ring (bicyclic) bond motifs is 3. The maximum Gasteiger partial charge on any atom is 0.137 e. The number of ether oxygens (including phenoxy) is 1. The van der Waals surface area contributed by atoms with E-state index in [0.29, 0.717) is 11.8 Å². The third kappa shape index (κ3) is 7.52. The molecule has 0 saturated carbocycles. The molecule has 1 aliphatic rings. The Labute approximate surface area is 329 Å². The summed E-state index contributed by atoms with van der Waals surface area (Å²) in [6.45, 7) is 27.9. The number of hydrogen-bond donors (Lipinski definition) is 0. The summed E-state index contributed by atoms with van der Waals surface area (Å²) in [5.41, 5.74) is 11.2. The van der Waals surface area contributed by atoms with Crippen LogP contribution in [0.5, 0.6) is 11.5 Å². The highest BCUT2D eigenvalue weighted by Gasteiger charge is 2.42. The van der Waals surface area contributed by atoms with Gasteiger partial charge in [0.2, 0.25) is 0 Å². The van der Waals surface area contributed by atoms with Gasteiger partial charge in [-0.25, -0.2) is 9.67 Å². The molecule has 0 saturated heterocycles. The molecule has 0 amide bonds. The van der Waals surface area contributed by atoms with Crippen molar-refractivity contribution in [1.82, 2.24) is 19.3 Å². The third-order valence-electron chi connectivity index (χ3n) is 12.0. The summed E-state index contributed by atoms with van der Waals surface area (Å²) in [7, 11) is 0. The lowest BCUT2D eigenvalue weighted by Gasteiger charge is -2.45. The van der Waals surface area contributed by atoms with Gasteiger partial charge in [-0.15, -0.1) is 0 Å². The largest absolute Gasteiger partial charge is 0.457 e. The Balaban J connectivity index is 1.33. The quantitative estimate of drug-likeness (QED) is 0.146. The molecular formula is C50H62N4O. The molecule has 0 N–H and O–H groups in total. The summed E-state index contributed by atoms with van der Waals surface area (Å²) in [6, 6.07) is 26.1. The lowest BCUT2D eigenvalue weighted by molar-refractivity contribution is 0.180. The summed E-state index contributed by atoms with van der Waals surface area (Å²) in [5, 5.41) is 7.71. The summed E-state index contributed by atoms with van der Waals surface area (Å²) in [5.74, 6) is 3.38. The van der Waals surface area contributed by atoms with Gasteiger partial charge in [0.1, 0.15) is 17.3 Å². The number of nitrogens with zero attached hydrogens (tertiary/aromatic N) is 4. The highest BCUT2D eigenvalue weighted by Crippen LogP contribution is 2.53. The standard InChI is InChI=1S/C50H62N4O/c1-13-14-18-34-25-26-51-45(27-34)53-43-22-16-15-19-39(43)40-24-23-37(31-44(40)53)55-38-29-35(48(4,5)6)28-36(30-38)54-33(3)46(32(2)52-54)47-41(49(7,8)9)20-17-21-42(47)50(10,11)12/h15-16,19-20,22-31,42,47H,13-14,17-18,21H2,1-12H3/t42-,47-/m0/s1. The van der Waals surface area contributed by atoms with Crippen LogP contribution in [0.3, 0.4) is 0 Å². The van der Waals surface area contributed by atoms with E-state index in [0.717, 1.165) is 59.0 Å². The first-order valence-electron chi connectivity index (χ1n) is 20.5. The molecular weight excluding hydrogens is 673 g/mol. The fraction of sp³-hybridized carbons (Fsp3) is 0.440. The van der Waals surface area contributed by atoms with E-state index in [1.54, 1.807) is 5.57 Å². The zero-order valence-electron chi connectivity index (χ0n) is 35.5. The van der Waals surface area contributed by atoms with Crippen LogP contribution in [0.2, 0.25) is 0 Å². The van der Waals surface area contributed by atoms with Crippen molar-refractivity contribution in [2.75, 3.05) is 0 Å². The summed E-state index contributed by atoms with van der Waals surface area (Å²) < 4.78 is 11.4. The topological polar surface area (TPSA) is 44.9 Å². The molecule has 3 aromatic carbocycles. The van der Waals surface area contributed by atoms with Gasteiger partial charge in [0.05, 0.1) is 22.4 Å². The smallest absolute Gasteiger partial charge is 0.137 e. The monoisotopic (exact) mass is 734 g/mol. The van der Waals surface area contributed by atoms with Crippen LogP contribution in [0.15, 0.2) is 90.6 Å². The summed E-state index contributed by atoms with van der Waals surface area (Å²) in [6.07, 6.45) is 10.2. The van der Waals surface area contributed by atoms with E-state index in [1.807, 2.05) is 6.20 Å². The van der Waals surface area contributed by atoms with Crippen molar-refractivity contribution in [1.29, 1.82) is 0 Å². The highest BCUT2D eigenvalue weighted by molar-refractivity contribution is 6.09. The number of unbranched alkanes of at least 4 members (excludes halogenated alkanes) is 1. The van der Waals surface area contributed by atoms with Crippen molar-refractivity contribution in [3.8, 4) is 23.0 Å². The lowest BCUT2D eigenvalue weighted by Crippen LogP contribution is -2.34. The molecule has 5 heteroatoms. The highest BCUT2D eigenvalue weighted by atomic mass is 16.5. The minimum absolute atomic E-state index is 0.0729. The SMILES string of the molecule is CCCCc1ccnc(-n2c3ccccc3c3ccc(Oc4cc(-n5nc(C)c([C@H]6C(C(C)(C)C)=CCC[C@@H]6C(C)(C)C)c5C)cc(C(C)(C)C)c4)cc32)c1. The van der Waals surface area contributed by atoms with Crippen LogP contribution >= 0.6 is 0 Å². The minimum Gasteiger partial charge on any atom is -0.457 e. The maximum atomic E-state index is 6.88. The number of benzene rings is 3. The zero-order valence-corrected chi connectivity index (χ0v) is 35.5. The number of para-hydroxylation sites is 1. The van der Waals surface area contributed by atoms with Crippen LogP contribution in [-0.2, 0) is 11.8 Å². The number of pyridine rings is 1. The van der Waals surface area contributed by atoms with E-state index in [2.05, 4.69) is 171 Å². The Bertz CT molecular complexity index is 2380. The molecule has 2 atom stereocenters. The van der Waals surface area contributed by atoms with Crippen LogP contribution in [-0.4, -0.2) is 19.3 Å². The van der Waals surface area contributed by atoms with Gasteiger partial charge in [0.25, 0.3) is 0 Å². The van der Waals surface area contributed by atoms with Gasteiger partial charge < -0.3 is 4.74 Å². The fourth-order valence-corrected chi connectivity index (χ4v) is 9.06. The summed E-state index contributed by atoms with van der Waals surface area (Å²) >= 11 is 0. The van der Waals surface area contributed by atoms with Gasteiger partial charge in [0.15, 0.2) is 0 Å². The molecule has 0 aliphatic heterocycles. The number of allylic oxidation sites excluding steroid dienone is 2. The van der Waals surface area contributed by atoms with E-state index in [1.165, 1.54) is 46.0 Å². The molecule has 7 rings (SSSR count). The molecule has 288 valence electrons. The van der Waals surface area contributed by atoms with Crippen LogP contribution < -0.4 is 4.74 Å². The molecule has 0 spiro atoms. The molecule has 3 heterocycles. The van der Waals surface area contributed by atoms with Gasteiger partial charge in [-0.3, -0.25) is 4.57 Å². The van der Waals surface area contributed by atoms with Gasteiger partial charge in [0, 0.05) is 46.3 Å². The van der Waals surface area contributed by atoms with Crippen molar-refractivity contribution < 1.29 is 4.74 Å².